The number of halogens is 4. The van der Waals surface area contributed by atoms with Crippen LogP contribution in [0.2, 0.25) is 0 Å². The Bertz CT molecular complexity index is 1030. The second-order valence-electron chi connectivity index (χ2n) is 5.75. The number of benzene rings is 2. The van der Waals surface area contributed by atoms with Gasteiger partial charge in [-0.15, -0.1) is 0 Å². The van der Waals surface area contributed by atoms with Crippen LogP contribution < -0.4 is 0 Å². The van der Waals surface area contributed by atoms with Crippen LogP contribution in [0.4, 0.5) is 0 Å². The van der Waals surface area contributed by atoms with Gasteiger partial charge in [-0.2, -0.15) is 12.8 Å². The molecule has 1 aliphatic rings. The van der Waals surface area contributed by atoms with Crippen molar-refractivity contribution in [1.82, 2.24) is 0 Å². The lowest BCUT2D eigenvalue weighted by atomic mass is 9.87. The van der Waals surface area contributed by atoms with Gasteiger partial charge in [0.15, 0.2) is 0 Å². The van der Waals surface area contributed by atoms with E-state index in [4.69, 9.17) is 46.4 Å². The molecule has 3 rings (SSSR count). The van der Waals surface area contributed by atoms with Crippen LogP contribution in [0, 0.1) is 6.92 Å². The van der Waals surface area contributed by atoms with E-state index < -0.39 is 24.5 Å². The number of nitrogens with zero attached hydrogens (tertiary/aromatic N) is 1. The van der Waals surface area contributed by atoms with Crippen LogP contribution in [0.25, 0.3) is 0 Å². The molecule has 136 valence electrons. The summed E-state index contributed by atoms with van der Waals surface area (Å²) in [6, 6.07) is 12.2. The second-order valence-corrected chi connectivity index (χ2v) is 10.0. The number of alkyl halides is 4. The Morgan fingerprint density at radius 1 is 0.846 bits per heavy atom. The highest BCUT2D eigenvalue weighted by Gasteiger charge is 2.61. The Labute approximate surface area is 170 Å². The summed E-state index contributed by atoms with van der Waals surface area (Å²) in [6.07, 6.45) is 0. The molecule has 9 heteroatoms. The molecule has 4 nitrogen and oxygen atoms in total. The highest BCUT2D eigenvalue weighted by molar-refractivity contribution is 7.90. The fourth-order valence-corrected chi connectivity index (χ4v) is 4.51. The zero-order chi connectivity index (χ0) is 19.3. The highest BCUT2D eigenvalue weighted by Crippen LogP contribution is 2.51. The van der Waals surface area contributed by atoms with E-state index in [-0.39, 0.29) is 21.7 Å². The maximum Gasteiger partial charge on any atom is 0.282 e. The van der Waals surface area contributed by atoms with Gasteiger partial charge in [0.2, 0.25) is 14.4 Å². The molecule has 2 aromatic carbocycles. The predicted octanol–water partition coefficient (Wildman–Crippen LogP) is 4.72. The molecule has 0 amide bonds. The van der Waals surface area contributed by atoms with E-state index in [0.29, 0.717) is 0 Å². The average Bonchev–Trinajstić information content (AvgIpc) is 2.58. The summed E-state index contributed by atoms with van der Waals surface area (Å²) in [4.78, 5) is 12.5. The first-order valence-corrected chi connectivity index (χ1v) is 10.3. The predicted molar refractivity (Wildman–Crippen MR) is 105 cm³/mol. The topological polar surface area (TPSA) is 63.6 Å². The molecule has 26 heavy (non-hydrogen) atoms. The van der Waals surface area contributed by atoms with Crippen molar-refractivity contribution in [2.24, 2.45) is 4.40 Å². The molecule has 0 fully saturated rings. The highest BCUT2D eigenvalue weighted by atomic mass is 35.5. The van der Waals surface area contributed by atoms with Crippen LogP contribution in [0.5, 0.6) is 0 Å². The largest absolute Gasteiger partial charge is 0.291 e. The zero-order valence-corrected chi connectivity index (χ0v) is 17.1. The first-order chi connectivity index (χ1) is 12.0. The lowest BCUT2D eigenvalue weighted by Gasteiger charge is -2.37. The Morgan fingerprint density at radius 2 is 1.38 bits per heavy atom. The van der Waals surface area contributed by atoms with E-state index >= 15 is 0 Å². The third-order valence-electron chi connectivity index (χ3n) is 3.93. The summed E-state index contributed by atoms with van der Waals surface area (Å²) in [7, 11) is -4.17. The number of fused-ring (bicyclic) bond motifs is 1. The molecule has 0 saturated heterocycles. The first kappa shape index (κ1) is 19.6. The van der Waals surface area contributed by atoms with E-state index in [9.17, 15) is 13.2 Å². The molecule has 0 bridgehead atoms. The van der Waals surface area contributed by atoms with E-state index in [0.717, 1.165) is 5.56 Å². The van der Waals surface area contributed by atoms with Crippen molar-refractivity contribution in [2.45, 2.75) is 20.5 Å². The van der Waals surface area contributed by atoms with Crippen LogP contribution >= 0.6 is 46.4 Å². The molecule has 0 aromatic heterocycles. The van der Waals surface area contributed by atoms with Crippen molar-refractivity contribution in [3.63, 3.8) is 0 Å². The fraction of sp³-hybridized carbons (Fsp3) is 0.176. The molecule has 0 N–H and O–H groups in total. The number of ketones is 1. The SMILES string of the molecule is Cc1ccc(S(=O)(=O)/N=C2\c3ccccc3C(=O)C(Cl)(Cl)C2(Cl)Cl)cc1. The van der Waals surface area contributed by atoms with E-state index in [1.807, 2.05) is 6.92 Å². The Kier molecular flexibility index (Phi) is 4.91. The van der Waals surface area contributed by atoms with Crippen LogP contribution in [-0.2, 0) is 10.0 Å². The van der Waals surface area contributed by atoms with E-state index in [2.05, 4.69) is 4.40 Å². The number of Topliss-reactive ketones (excluding diaryl/α,β-unsaturated/α-hetero) is 1. The summed E-state index contributed by atoms with van der Waals surface area (Å²) < 4.78 is 24.7. The fourth-order valence-electron chi connectivity index (χ4n) is 2.51. The number of carbonyl (C=O) groups is 1. The third kappa shape index (κ3) is 3.06. The monoisotopic (exact) mass is 449 g/mol. The molecule has 1 aliphatic carbocycles. The van der Waals surface area contributed by atoms with Gasteiger partial charge in [0.1, 0.15) is 5.71 Å². The molecule has 0 heterocycles. The Morgan fingerprint density at radius 3 is 1.96 bits per heavy atom. The third-order valence-corrected chi connectivity index (χ3v) is 7.45. The summed E-state index contributed by atoms with van der Waals surface area (Å²) in [5.74, 6) is -0.729. The molecular formula is C17H11Cl4NO3S. The second kappa shape index (κ2) is 6.50. The van der Waals surface area contributed by atoms with Crippen LogP contribution in [0.15, 0.2) is 57.8 Å². The normalized spacial score (nSPS) is 20.0. The van der Waals surface area contributed by atoms with Crippen molar-refractivity contribution in [3.8, 4) is 0 Å². The van der Waals surface area contributed by atoms with Crippen LogP contribution in [0.1, 0.15) is 21.5 Å². The number of hydrogen-bond acceptors (Lipinski definition) is 3. The maximum atomic E-state index is 12.7. The quantitative estimate of drug-likeness (QED) is 0.622. The minimum atomic E-state index is -4.17. The average molecular weight is 451 g/mol. The number of rotatable bonds is 2. The molecule has 0 saturated carbocycles. The summed E-state index contributed by atoms with van der Waals surface area (Å²) in [6.45, 7) is 1.82. The Hall–Kier alpha value is -1.11. The lowest BCUT2D eigenvalue weighted by molar-refractivity contribution is 0.0969. The van der Waals surface area contributed by atoms with Crippen molar-refractivity contribution >= 4 is 67.9 Å². The van der Waals surface area contributed by atoms with Gasteiger partial charge in [-0.1, -0.05) is 88.4 Å². The Balaban J connectivity index is 2.28. The number of sulfonamides is 1. The molecule has 0 unspecified atom stereocenters. The van der Waals surface area contributed by atoms with Gasteiger partial charge < -0.3 is 0 Å². The van der Waals surface area contributed by atoms with Crippen LogP contribution in [-0.4, -0.2) is 28.6 Å². The smallest absolute Gasteiger partial charge is 0.282 e. The van der Waals surface area contributed by atoms with Gasteiger partial charge in [-0.3, -0.25) is 4.79 Å². The minimum absolute atomic E-state index is 0.0520. The molecule has 0 radical (unpaired) electrons. The maximum absolute atomic E-state index is 12.7. The van der Waals surface area contributed by atoms with Crippen molar-refractivity contribution in [2.75, 3.05) is 0 Å². The van der Waals surface area contributed by atoms with Gasteiger partial charge in [0.05, 0.1) is 4.90 Å². The molecule has 0 aliphatic heterocycles. The number of aryl methyl sites for hydroxylation is 1. The summed E-state index contributed by atoms with van der Waals surface area (Å²) >= 11 is 24.7. The molecule has 0 spiro atoms. The van der Waals surface area contributed by atoms with Gasteiger partial charge in [-0.25, -0.2) is 0 Å². The van der Waals surface area contributed by atoms with Gasteiger partial charge in [0, 0.05) is 11.1 Å². The molecule has 0 atom stereocenters. The van der Waals surface area contributed by atoms with Crippen LogP contribution in [0.3, 0.4) is 0 Å². The minimum Gasteiger partial charge on any atom is -0.291 e. The van der Waals surface area contributed by atoms with Crippen molar-refractivity contribution in [1.29, 1.82) is 0 Å². The van der Waals surface area contributed by atoms with E-state index in [1.54, 1.807) is 24.3 Å². The van der Waals surface area contributed by atoms with Crippen molar-refractivity contribution in [3.05, 3.63) is 65.2 Å². The van der Waals surface area contributed by atoms with Gasteiger partial charge >= 0.3 is 0 Å². The summed E-state index contributed by atoms with van der Waals surface area (Å²) in [5.41, 5.74) is 0.832. The summed E-state index contributed by atoms with van der Waals surface area (Å²) in [5, 5.41) is 0. The number of hydrogen-bond donors (Lipinski definition) is 0. The van der Waals surface area contributed by atoms with E-state index in [1.165, 1.54) is 24.3 Å². The van der Waals surface area contributed by atoms with Gasteiger partial charge in [-0.05, 0) is 19.1 Å². The molecular weight excluding hydrogens is 440 g/mol. The zero-order valence-electron chi connectivity index (χ0n) is 13.2. The lowest BCUT2D eigenvalue weighted by Crippen LogP contribution is -2.53. The van der Waals surface area contributed by atoms with Gasteiger partial charge in [0.25, 0.3) is 10.0 Å². The standard InChI is InChI=1S/C17H11Cl4NO3S/c1-10-6-8-11(9-7-10)26(24,25)22-14-12-4-2-3-5-13(12)15(23)17(20,21)16(14,18)19/h2-9H,1H3/b22-14+. The first-order valence-electron chi connectivity index (χ1n) is 7.30. The number of carbonyl (C=O) groups excluding carboxylic acids is 1. The van der Waals surface area contributed by atoms with Crippen molar-refractivity contribution < 1.29 is 13.2 Å². The molecule has 2 aromatic rings.